The van der Waals surface area contributed by atoms with Crippen LogP contribution in [0.25, 0.3) is 0 Å². The Balaban J connectivity index is 1.32. The highest BCUT2D eigenvalue weighted by Crippen LogP contribution is 2.32. The number of carbonyl (C=O) groups excluding carboxylic acids is 1. The van der Waals surface area contributed by atoms with Crippen LogP contribution in [0.4, 0.5) is 5.69 Å². The van der Waals surface area contributed by atoms with Crippen molar-refractivity contribution in [1.29, 1.82) is 0 Å². The number of anilines is 1. The van der Waals surface area contributed by atoms with Gasteiger partial charge in [-0.15, -0.1) is 0 Å². The summed E-state index contributed by atoms with van der Waals surface area (Å²) in [5.74, 6) is 1.42. The number of hydrogen-bond acceptors (Lipinski definition) is 5. The third kappa shape index (κ3) is 5.05. The van der Waals surface area contributed by atoms with Crippen molar-refractivity contribution in [3.8, 4) is 11.5 Å². The van der Waals surface area contributed by atoms with Crippen molar-refractivity contribution in [3.63, 3.8) is 0 Å². The SMILES string of the molecule is Cc1cc(OC2CC2)ccc1N1CC[C@@H](Oc2ccc([C@H](C)NC(=O)CO)cc2)C1. The molecule has 2 aromatic carbocycles. The van der Waals surface area contributed by atoms with Crippen LogP contribution in [-0.2, 0) is 4.79 Å². The Hall–Kier alpha value is -2.73. The molecule has 30 heavy (non-hydrogen) atoms. The average Bonchev–Trinajstić information content (AvgIpc) is 3.44. The molecule has 0 spiro atoms. The number of carbonyl (C=O) groups is 1. The second-order valence-electron chi connectivity index (χ2n) is 8.26. The molecular formula is C24H30N2O4. The fourth-order valence-corrected chi connectivity index (χ4v) is 3.88. The number of benzene rings is 2. The topological polar surface area (TPSA) is 71.0 Å². The molecule has 1 aliphatic carbocycles. The molecule has 0 unspecified atom stereocenters. The number of amides is 1. The zero-order valence-corrected chi connectivity index (χ0v) is 17.6. The molecule has 2 aromatic rings. The van der Waals surface area contributed by atoms with Gasteiger partial charge in [-0.1, -0.05) is 12.1 Å². The Bertz CT molecular complexity index is 879. The lowest BCUT2D eigenvalue weighted by Gasteiger charge is -2.22. The molecule has 0 radical (unpaired) electrons. The van der Waals surface area contributed by atoms with Crippen molar-refractivity contribution in [2.24, 2.45) is 0 Å². The van der Waals surface area contributed by atoms with E-state index in [-0.39, 0.29) is 18.1 Å². The minimum Gasteiger partial charge on any atom is -0.490 e. The van der Waals surface area contributed by atoms with Crippen molar-refractivity contribution in [2.45, 2.75) is 51.4 Å². The number of ether oxygens (including phenoxy) is 2. The van der Waals surface area contributed by atoms with Crippen molar-refractivity contribution in [1.82, 2.24) is 5.32 Å². The maximum Gasteiger partial charge on any atom is 0.246 e. The summed E-state index contributed by atoms with van der Waals surface area (Å²) in [6.45, 7) is 5.35. The Morgan fingerprint density at radius 1 is 1.10 bits per heavy atom. The summed E-state index contributed by atoms with van der Waals surface area (Å²) in [7, 11) is 0. The van der Waals surface area contributed by atoms with Crippen molar-refractivity contribution in [3.05, 3.63) is 53.6 Å². The van der Waals surface area contributed by atoms with Crippen molar-refractivity contribution < 1.29 is 19.4 Å². The van der Waals surface area contributed by atoms with E-state index in [0.29, 0.717) is 6.10 Å². The lowest BCUT2D eigenvalue weighted by molar-refractivity contribution is -0.124. The average molecular weight is 411 g/mol. The molecule has 0 bridgehead atoms. The molecule has 2 N–H and O–H groups in total. The highest BCUT2D eigenvalue weighted by atomic mass is 16.5. The van der Waals surface area contributed by atoms with Crippen LogP contribution in [0.2, 0.25) is 0 Å². The largest absolute Gasteiger partial charge is 0.490 e. The van der Waals surface area contributed by atoms with E-state index in [0.717, 1.165) is 36.6 Å². The minimum absolute atomic E-state index is 0.143. The Kier molecular flexibility index (Phi) is 6.13. The number of nitrogens with zero attached hydrogens (tertiary/aromatic N) is 1. The van der Waals surface area contributed by atoms with Gasteiger partial charge in [-0.3, -0.25) is 4.79 Å². The number of nitrogens with one attached hydrogen (secondary N) is 1. The third-order valence-electron chi connectivity index (χ3n) is 5.69. The van der Waals surface area contributed by atoms with Gasteiger partial charge in [0.25, 0.3) is 0 Å². The number of aliphatic hydroxyl groups is 1. The molecule has 6 heteroatoms. The van der Waals surface area contributed by atoms with Crippen molar-refractivity contribution >= 4 is 11.6 Å². The van der Waals surface area contributed by atoms with Gasteiger partial charge in [-0.2, -0.15) is 0 Å². The van der Waals surface area contributed by atoms with E-state index >= 15 is 0 Å². The summed E-state index contributed by atoms with van der Waals surface area (Å²) in [6.07, 6.45) is 3.88. The Morgan fingerprint density at radius 3 is 2.47 bits per heavy atom. The predicted molar refractivity (Wildman–Crippen MR) is 116 cm³/mol. The van der Waals surface area contributed by atoms with E-state index in [1.165, 1.54) is 24.1 Å². The number of rotatable bonds is 8. The molecule has 1 saturated carbocycles. The summed E-state index contributed by atoms with van der Waals surface area (Å²) in [5, 5.41) is 11.6. The van der Waals surface area contributed by atoms with Crippen LogP contribution < -0.4 is 19.7 Å². The molecule has 6 nitrogen and oxygen atoms in total. The number of aliphatic hydroxyl groups excluding tert-OH is 1. The monoisotopic (exact) mass is 410 g/mol. The molecule has 1 saturated heterocycles. The van der Waals surface area contributed by atoms with E-state index < -0.39 is 6.61 Å². The zero-order chi connectivity index (χ0) is 21.1. The Labute approximate surface area is 177 Å². The summed E-state index contributed by atoms with van der Waals surface area (Å²) in [5.41, 5.74) is 3.45. The molecule has 0 aromatic heterocycles. The molecular weight excluding hydrogens is 380 g/mol. The van der Waals surface area contributed by atoms with E-state index in [2.05, 4.69) is 35.3 Å². The molecule has 2 fully saturated rings. The van der Waals surface area contributed by atoms with E-state index in [1.54, 1.807) is 0 Å². The second kappa shape index (κ2) is 8.96. The highest BCUT2D eigenvalue weighted by Gasteiger charge is 2.26. The standard InChI is InChI=1S/C24H30N2O4/c1-16-13-21(29-20-7-8-20)9-10-23(16)26-12-11-22(14-26)30-19-5-3-18(4-6-19)17(2)25-24(28)15-27/h3-6,9-10,13,17,20,22,27H,7-8,11-12,14-15H2,1-2H3,(H,25,28)/t17-,22+/m0/s1. The quantitative estimate of drug-likeness (QED) is 0.698. The van der Waals surface area contributed by atoms with Crippen LogP contribution in [0.15, 0.2) is 42.5 Å². The smallest absolute Gasteiger partial charge is 0.246 e. The van der Waals surface area contributed by atoms with Gasteiger partial charge in [0.05, 0.1) is 18.7 Å². The first-order valence-electron chi connectivity index (χ1n) is 10.7. The molecule has 4 rings (SSSR count). The normalized spacial score (nSPS) is 19.4. The second-order valence-corrected chi connectivity index (χ2v) is 8.26. The minimum atomic E-state index is -0.501. The van der Waals surface area contributed by atoms with Gasteiger partial charge >= 0.3 is 0 Å². The summed E-state index contributed by atoms with van der Waals surface area (Å²) < 4.78 is 12.1. The molecule has 160 valence electrons. The first-order chi connectivity index (χ1) is 14.5. The van der Waals surface area contributed by atoms with Gasteiger partial charge in [0.2, 0.25) is 5.91 Å². The molecule has 2 atom stereocenters. The van der Waals surface area contributed by atoms with E-state index in [1.807, 2.05) is 31.2 Å². The van der Waals surface area contributed by atoms with Gasteiger partial charge in [0.15, 0.2) is 0 Å². The highest BCUT2D eigenvalue weighted by molar-refractivity contribution is 5.77. The van der Waals surface area contributed by atoms with Crippen molar-refractivity contribution in [2.75, 3.05) is 24.6 Å². The van der Waals surface area contributed by atoms with Gasteiger partial charge in [-0.25, -0.2) is 0 Å². The maximum absolute atomic E-state index is 11.3. The van der Waals surface area contributed by atoms with Gasteiger partial charge in [-0.05, 0) is 68.1 Å². The number of aryl methyl sites for hydroxylation is 1. The van der Waals surface area contributed by atoms with Crippen LogP contribution in [0.3, 0.4) is 0 Å². The van der Waals surface area contributed by atoms with Crippen LogP contribution >= 0.6 is 0 Å². The zero-order valence-electron chi connectivity index (χ0n) is 17.6. The maximum atomic E-state index is 11.3. The first kappa shape index (κ1) is 20.5. The van der Waals surface area contributed by atoms with Gasteiger partial charge < -0.3 is 24.8 Å². The third-order valence-corrected chi connectivity index (χ3v) is 5.69. The van der Waals surface area contributed by atoms with E-state index in [9.17, 15) is 4.79 Å². The number of hydrogen-bond donors (Lipinski definition) is 2. The lowest BCUT2D eigenvalue weighted by atomic mass is 10.1. The van der Waals surface area contributed by atoms with Crippen LogP contribution in [-0.4, -0.2) is 42.9 Å². The first-order valence-corrected chi connectivity index (χ1v) is 10.7. The predicted octanol–water partition coefficient (Wildman–Crippen LogP) is 3.36. The van der Waals surface area contributed by atoms with Crippen LogP contribution in [0.1, 0.15) is 43.4 Å². The Morgan fingerprint density at radius 2 is 1.80 bits per heavy atom. The lowest BCUT2D eigenvalue weighted by Crippen LogP contribution is -2.29. The molecule has 1 heterocycles. The fourth-order valence-electron chi connectivity index (χ4n) is 3.88. The van der Waals surface area contributed by atoms with Crippen LogP contribution in [0.5, 0.6) is 11.5 Å². The fraction of sp³-hybridized carbons (Fsp3) is 0.458. The summed E-state index contributed by atoms with van der Waals surface area (Å²) in [4.78, 5) is 13.7. The van der Waals surface area contributed by atoms with Gasteiger partial charge in [0, 0.05) is 18.7 Å². The molecule has 1 amide bonds. The summed E-state index contributed by atoms with van der Waals surface area (Å²) >= 11 is 0. The summed E-state index contributed by atoms with van der Waals surface area (Å²) in [6, 6.07) is 14.0. The molecule has 2 aliphatic rings. The molecule has 1 aliphatic heterocycles. The van der Waals surface area contributed by atoms with Crippen LogP contribution in [0, 0.1) is 6.92 Å². The van der Waals surface area contributed by atoms with E-state index in [4.69, 9.17) is 14.6 Å². The van der Waals surface area contributed by atoms with Gasteiger partial charge in [0.1, 0.15) is 24.2 Å².